The Labute approximate surface area is 143 Å². The van der Waals surface area contributed by atoms with Crippen LogP contribution >= 0.6 is 0 Å². The smallest absolute Gasteiger partial charge is 0.302 e. The molecule has 3 rings (SSSR count). The quantitative estimate of drug-likeness (QED) is 0.790. The molecule has 0 spiro atoms. The molecular formula is C18H27N3O3. The van der Waals surface area contributed by atoms with Crippen LogP contribution in [0.2, 0.25) is 0 Å². The number of nitrogens with one attached hydrogen (secondary N) is 1. The van der Waals surface area contributed by atoms with Gasteiger partial charge in [0.2, 0.25) is 5.91 Å². The van der Waals surface area contributed by atoms with Gasteiger partial charge in [-0.2, -0.15) is 5.26 Å². The largest absolute Gasteiger partial charge is 0.463 e. The van der Waals surface area contributed by atoms with E-state index in [0.717, 1.165) is 44.9 Å². The molecule has 0 radical (unpaired) electrons. The number of likely N-dealkylation sites (tertiary alicyclic amines) is 1. The molecule has 3 fully saturated rings. The summed E-state index contributed by atoms with van der Waals surface area (Å²) in [6.07, 6.45) is 6.98. The van der Waals surface area contributed by atoms with Crippen LogP contribution in [0.4, 0.5) is 0 Å². The van der Waals surface area contributed by atoms with Gasteiger partial charge in [-0.25, -0.2) is 0 Å². The molecule has 1 N–H and O–H groups in total. The fraction of sp³-hybridized carbons (Fsp3) is 0.833. The maximum atomic E-state index is 12.3. The average molecular weight is 333 g/mol. The molecule has 5 atom stereocenters. The minimum absolute atomic E-state index is 0.0479. The predicted molar refractivity (Wildman–Crippen MR) is 87.8 cm³/mol. The summed E-state index contributed by atoms with van der Waals surface area (Å²) in [5, 5.41) is 12.5. The number of carbonyl (C=O) groups is 2. The molecule has 6 heteroatoms. The molecule has 1 aliphatic heterocycles. The van der Waals surface area contributed by atoms with Crippen LogP contribution in [0.25, 0.3) is 0 Å². The number of rotatable bonds is 4. The monoisotopic (exact) mass is 333 g/mol. The van der Waals surface area contributed by atoms with E-state index in [4.69, 9.17) is 10.00 Å². The van der Waals surface area contributed by atoms with Crippen molar-refractivity contribution in [2.24, 2.45) is 11.8 Å². The van der Waals surface area contributed by atoms with Crippen molar-refractivity contribution in [3.8, 4) is 6.07 Å². The maximum Gasteiger partial charge on any atom is 0.302 e. The predicted octanol–water partition coefficient (Wildman–Crippen LogP) is 1.60. The van der Waals surface area contributed by atoms with Gasteiger partial charge in [0.25, 0.3) is 0 Å². The second kappa shape index (κ2) is 7.52. The van der Waals surface area contributed by atoms with Crippen molar-refractivity contribution in [3.05, 3.63) is 0 Å². The number of ether oxygens (including phenoxy) is 1. The fourth-order valence-electron chi connectivity index (χ4n) is 4.75. The molecular weight excluding hydrogens is 306 g/mol. The van der Waals surface area contributed by atoms with Crippen LogP contribution in [0, 0.1) is 23.2 Å². The van der Waals surface area contributed by atoms with Gasteiger partial charge < -0.3 is 15.0 Å². The first kappa shape index (κ1) is 17.2. The lowest BCUT2D eigenvalue weighted by Crippen LogP contribution is -2.43. The average Bonchev–Trinajstić information content (AvgIpc) is 3.17. The lowest BCUT2D eigenvalue weighted by molar-refractivity contribution is -0.149. The third-order valence-corrected chi connectivity index (χ3v) is 5.86. The number of esters is 1. The number of amides is 1. The third kappa shape index (κ3) is 3.89. The Morgan fingerprint density at radius 3 is 2.75 bits per heavy atom. The number of hydrogen-bond donors (Lipinski definition) is 1. The molecule has 3 unspecified atom stereocenters. The zero-order valence-corrected chi connectivity index (χ0v) is 14.4. The van der Waals surface area contributed by atoms with Crippen LogP contribution in [0.1, 0.15) is 51.9 Å². The summed E-state index contributed by atoms with van der Waals surface area (Å²) in [5.74, 6) is 1.14. The first-order valence-electron chi connectivity index (χ1n) is 9.16. The summed E-state index contributed by atoms with van der Waals surface area (Å²) in [4.78, 5) is 25.2. The van der Waals surface area contributed by atoms with E-state index in [1.807, 2.05) is 0 Å². The molecule has 1 heterocycles. The molecule has 0 aromatic carbocycles. The second-order valence-electron chi connectivity index (χ2n) is 7.49. The Bertz CT molecular complexity index is 530. The van der Waals surface area contributed by atoms with Crippen molar-refractivity contribution in [2.45, 2.75) is 70.1 Å². The van der Waals surface area contributed by atoms with E-state index < -0.39 is 0 Å². The minimum atomic E-state index is -0.241. The molecule has 0 bridgehead atoms. The highest BCUT2D eigenvalue weighted by atomic mass is 16.5. The number of hydrogen-bond acceptors (Lipinski definition) is 5. The molecule has 6 nitrogen and oxygen atoms in total. The van der Waals surface area contributed by atoms with Crippen LogP contribution in [0.3, 0.4) is 0 Å². The molecule has 132 valence electrons. The standard InChI is InChI=1S/C18H27N3O3/c1-12(22)24-17-5-4-13-7-15(8-14(13)9-17)20-11-18(23)21-6-2-3-16(21)10-19/h13-17,20H,2-9,11H2,1H3/t13-,14-,15?,16?,17?/m1/s1. The van der Waals surface area contributed by atoms with Crippen molar-refractivity contribution in [2.75, 3.05) is 13.1 Å². The van der Waals surface area contributed by atoms with Crippen LogP contribution in [0.5, 0.6) is 0 Å². The number of carbonyl (C=O) groups excluding carboxylic acids is 2. The Hall–Kier alpha value is -1.61. The van der Waals surface area contributed by atoms with Gasteiger partial charge >= 0.3 is 5.97 Å². The van der Waals surface area contributed by atoms with Gasteiger partial charge in [0.05, 0.1) is 12.6 Å². The Morgan fingerprint density at radius 1 is 1.21 bits per heavy atom. The molecule has 0 aromatic heterocycles. The Balaban J connectivity index is 1.44. The van der Waals surface area contributed by atoms with Crippen molar-refractivity contribution in [1.82, 2.24) is 10.2 Å². The molecule has 2 aliphatic carbocycles. The minimum Gasteiger partial charge on any atom is -0.463 e. The van der Waals surface area contributed by atoms with Crippen molar-refractivity contribution < 1.29 is 14.3 Å². The summed E-state index contributed by atoms with van der Waals surface area (Å²) in [7, 11) is 0. The number of nitriles is 1. The topological polar surface area (TPSA) is 82.4 Å². The summed E-state index contributed by atoms with van der Waals surface area (Å²) in [6.45, 7) is 2.51. The van der Waals surface area contributed by atoms with Crippen LogP contribution < -0.4 is 5.32 Å². The first-order valence-corrected chi connectivity index (χ1v) is 9.16. The van der Waals surface area contributed by atoms with E-state index >= 15 is 0 Å². The highest BCUT2D eigenvalue weighted by molar-refractivity contribution is 5.79. The highest BCUT2D eigenvalue weighted by Crippen LogP contribution is 2.43. The molecule has 3 aliphatic rings. The van der Waals surface area contributed by atoms with E-state index in [1.54, 1.807) is 4.90 Å². The Morgan fingerprint density at radius 2 is 2.00 bits per heavy atom. The van der Waals surface area contributed by atoms with Gasteiger partial charge in [-0.1, -0.05) is 0 Å². The van der Waals surface area contributed by atoms with Gasteiger partial charge in [0.1, 0.15) is 12.1 Å². The molecule has 0 aromatic rings. The van der Waals surface area contributed by atoms with Crippen LogP contribution in [-0.4, -0.2) is 48.1 Å². The fourth-order valence-corrected chi connectivity index (χ4v) is 4.75. The van der Waals surface area contributed by atoms with Gasteiger partial charge in [0.15, 0.2) is 0 Å². The van der Waals surface area contributed by atoms with E-state index in [-0.39, 0.29) is 24.0 Å². The van der Waals surface area contributed by atoms with Crippen molar-refractivity contribution in [1.29, 1.82) is 5.26 Å². The third-order valence-electron chi connectivity index (χ3n) is 5.86. The number of nitrogens with zero attached hydrogens (tertiary/aromatic N) is 2. The van der Waals surface area contributed by atoms with Gasteiger partial charge in [0, 0.05) is 19.5 Å². The molecule has 24 heavy (non-hydrogen) atoms. The lowest BCUT2D eigenvalue weighted by Gasteiger charge is -2.30. The summed E-state index contributed by atoms with van der Waals surface area (Å²) >= 11 is 0. The molecule has 2 saturated carbocycles. The number of fused-ring (bicyclic) bond motifs is 1. The van der Waals surface area contributed by atoms with Gasteiger partial charge in [-0.15, -0.1) is 0 Å². The SMILES string of the molecule is CC(=O)OC1CC[C@@H]2CC(NCC(=O)N3CCCC3C#N)C[C@@H]2C1. The van der Waals surface area contributed by atoms with Gasteiger partial charge in [-0.05, 0) is 56.8 Å². The zero-order chi connectivity index (χ0) is 17.1. The highest BCUT2D eigenvalue weighted by Gasteiger charge is 2.39. The zero-order valence-electron chi connectivity index (χ0n) is 14.4. The molecule has 1 saturated heterocycles. The van der Waals surface area contributed by atoms with E-state index in [1.165, 1.54) is 6.92 Å². The normalized spacial score (nSPS) is 35.3. The van der Waals surface area contributed by atoms with E-state index in [0.29, 0.717) is 31.0 Å². The summed E-state index contributed by atoms with van der Waals surface area (Å²) < 4.78 is 5.37. The molecule has 1 amide bonds. The van der Waals surface area contributed by atoms with Crippen molar-refractivity contribution in [3.63, 3.8) is 0 Å². The van der Waals surface area contributed by atoms with Crippen molar-refractivity contribution >= 4 is 11.9 Å². The van der Waals surface area contributed by atoms with Crippen LogP contribution in [0.15, 0.2) is 0 Å². The van der Waals surface area contributed by atoms with E-state index in [9.17, 15) is 9.59 Å². The lowest BCUT2D eigenvalue weighted by atomic mass is 9.80. The first-order chi connectivity index (χ1) is 11.6. The maximum absolute atomic E-state index is 12.3. The van der Waals surface area contributed by atoms with Gasteiger partial charge in [-0.3, -0.25) is 9.59 Å². The second-order valence-corrected chi connectivity index (χ2v) is 7.49. The Kier molecular flexibility index (Phi) is 5.40. The van der Waals surface area contributed by atoms with E-state index in [2.05, 4.69) is 11.4 Å². The van der Waals surface area contributed by atoms with Crippen LogP contribution in [-0.2, 0) is 14.3 Å². The summed E-state index contributed by atoms with van der Waals surface area (Å²) in [6, 6.07) is 2.34. The summed E-state index contributed by atoms with van der Waals surface area (Å²) in [5.41, 5.74) is 0.